The SMILES string of the molecule is C[C@@H](N)c1ccc(Oc2c(Br)cccc2[N+](=O)[O-])nc1. The number of benzene rings is 1. The summed E-state index contributed by atoms with van der Waals surface area (Å²) in [4.78, 5) is 14.6. The molecule has 0 aliphatic heterocycles. The van der Waals surface area contributed by atoms with Crippen LogP contribution in [0.25, 0.3) is 0 Å². The van der Waals surface area contributed by atoms with Crippen LogP contribution in [0.1, 0.15) is 18.5 Å². The number of para-hydroxylation sites is 1. The van der Waals surface area contributed by atoms with Crippen LogP contribution in [0.4, 0.5) is 5.69 Å². The Hall–Kier alpha value is -1.99. The monoisotopic (exact) mass is 337 g/mol. The summed E-state index contributed by atoms with van der Waals surface area (Å²) in [5.74, 6) is 0.392. The molecule has 1 aromatic carbocycles. The van der Waals surface area contributed by atoms with E-state index in [4.69, 9.17) is 10.5 Å². The smallest absolute Gasteiger partial charge is 0.312 e. The van der Waals surface area contributed by atoms with Crippen molar-refractivity contribution in [2.75, 3.05) is 0 Å². The zero-order valence-electron chi connectivity index (χ0n) is 10.6. The van der Waals surface area contributed by atoms with Crippen molar-refractivity contribution in [2.45, 2.75) is 13.0 Å². The number of nitro groups is 1. The zero-order valence-corrected chi connectivity index (χ0v) is 12.2. The van der Waals surface area contributed by atoms with Gasteiger partial charge in [0, 0.05) is 24.4 Å². The van der Waals surface area contributed by atoms with E-state index >= 15 is 0 Å². The largest absolute Gasteiger partial charge is 0.431 e. The van der Waals surface area contributed by atoms with Crippen molar-refractivity contribution in [3.05, 3.63) is 56.7 Å². The van der Waals surface area contributed by atoms with Crippen LogP contribution in [0.2, 0.25) is 0 Å². The highest BCUT2D eigenvalue weighted by Crippen LogP contribution is 2.37. The van der Waals surface area contributed by atoms with Gasteiger partial charge in [-0.15, -0.1) is 0 Å². The number of nitrogens with zero attached hydrogens (tertiary/aromatic N) is 2. The lowest BCUT2D eigenvalue weighted by Gasteiger charge is -2.09. The number of rotatable bonds is 4. The maximum atomic E-state index is 11.0. The van der Waals surface area contributed by atoms with Crippen LogP contribution in [0, 0.1) is 10.1 Å². The molecule has 2 aromatic rings. The molecule has 1 heterocycles. The van der Waals surface area contributed by atoms with Crippen molar-refractivity contribution in [3.8, 4) is 11.6 Å². The van der Waals surface area contributed by atoms with E-state index in [9.17, 15) is 10.1 Å². The van der Waals surface area contributed by atoms with Gasteiger partial charge in [0.25, 0.3) is 0 Å². The minimum atomic E-state index is -0.504. The Bertz CT molecular complexity index is 629. The first kappa shape index (κ1) is 14.4. The summed E-state index contributed by atoms with van der Waals surface area (Å²) in [5, 5.41) is 11.0. The third kappa shape index (κ3) is 3.12. The molecule has 2 N–H and O–H groups in total. The summed E-state index contributed by atoms with van der Waals surface area (Å²) < 4.78 is 5.99. The number of hydrogen-bond acceptors (Lipinski definition) is 5. The molecule has 2 rings (SSSR count). The molecular formula is C13H12BrN3O3. The van der Waals surface area contributed by atoms with E-state index in [0.717, 1.165) is 5.56 Å². The molecule has 1 atom stereocenters. The molecule has 1 aromatic heterocycles. The van der Waals surface area contributed by atoms with Gasteiger partial charge in [-0.2, -0.15) is 0 Å². The number of nitro benzene ring substituents is 1. The van der Waals surface area contributed by atoms with Crippen molar-refractivity contribution in [1.29, 1.82) is 0 Å². The third-order valence-corrected chi connectivity index (χ3v) is 3.26. The van der Waals surface area contributed by atoms with E-state index in [-0.39, 0.29) is 23.4 Å². The molecule has 20 heavy (non-hydrogen) atoms. The molecule has 0 fully saturated rings. The van der Waals surface area contributed by atoms with Crippen LogP contribution < -0.4 is 10.5 Å². The lowest BCUT2D eigenvalue weighted by molar-refractivity contribution is -0.385. The van der Waals surface area contributed by atoms with Crippen molar-refractivity contribution in [3.63, 3.8) is 0 Å². The first-order chi connectivity index (χ1) is 9.49. The van der Waals surface area contributed by atoms with Crippen molar-refractivity contribution in [2.24, 2.45) is 5.73 Å². The van der Waals surface area contributed by atoms with Gasteiger partial charge in [0.1, 0.15) is 0 Å². The Morgan fingerprint density at radius 2 is 2.15 bits per heavy atom. The molecule has 0 saturated carbocycles. The summed E-state index contributed by atoms with van der Waals surface area (Å²) in [6.45, 7) is 1.84. The zero-order chi connectivity index (χ0) is 14.7. The molecule has 0 amide bonds. The number of pyridine rings is 1. The second-order valence-corrected chi connectivity index (χ2v) is 5.02. The highest BCUT2D eigenvalue weighted by Gasteiger charge is 2.19. The molecule has 6 nitrogen and oxygen atoms in total. The standard InChI is InChI=1S/C13H12BrN3O3/c1-8(15)9-5-6-12(16-7-9)20-13-10(14)3-2-4-11(13)17(18)19/h2-8H,15H2,1H3/t8-/m1/s1. The van der Waals surface area contributed by atoms with Crippen LogP contribution in [0.5, 0.6) is 11.6 Å². The number of hydrogen-bond donors (Lipinski definition) is 1. The second-order valence-electron chi connectivity index (χ2n) is 4.17. The maximum Gasteiger partial charge on any atom is 0.312 e. The van der Waals surface area contributed by atoms with E-state index in [2.05, 4.69) is 20.9 Å². The van der Waals surface area contributed by atoms with Crippen molar-refractivity contribution >= 4 is 21.6 Å². The van der Waals surface area contributed by atoms with Gasteiger partial charge in [-0.3, -0.25) is 10.1 Å². The third-order valence-electron chi connectivity index (χ3n) is 2.63. The molecule has 0 unspecified atom stereocenters. The van der Waals surface area contributed by atoms with Crippen molar-refractivity contribution in [1.82, 2.24) is 4.98 Å². The summed E-state index contributed by atoms with van der Waals surface area (Å²) >= 11 is 3.23. The molecule has 0 aliphatic carbocycles. The average Bonchev–Trinajstić information content (AvgIpc) is 2.41. The molecular weight excluding hydrogens is 326 g/mol. The predicted octanol–water partition coefficient (Wildman–Crippen LogP) is 3.56. The minimum Gasteiger partial charge on any atom is -0.431 e. The van der Waals surface area contributed by atoms with E-state index < -0.39 is 4.92 Å². The van der Waals surface area contributed by atoms with Gasteiger partial charge in [0.05, 0.1) is 9.40 Å². The highest BCUT2D eigenvalue weighted by atomic mass is 79.9. The Balaban J connectivity index is 2.32. The quantitative estimate of drug-likeness (QED) is 0.680. The van der Waals surface area contributed by atoms with E-state index in [1.807, 2.05) is 6.92 Å². The first-order valence-corrected chi connectivity index (χ1v) is 6.60. The Kier molecular flexibility index (Phi) is 4.31. The van der Waals surface area contributed by atoms with Gasteiger partial charge in [-0.25, -0.2) is 4.98 Å². The normalized spacial score (nSPS) is 11.9. The summed E-state index contributed by atoms with van der Waals surface area (Å²) in [6.07, 6.45) is 1.59. The van der Waals surface area contributed by atoms with Crippen LogP contribution in [0.3, 0.4) is 0 Å². The van der Waals surface area contributed by atoms with Gasteiger partial charge in [-0.1, -0.05) is 12.1 Å². The van der Waals surface area contributed by atoms with Crippen LogP contribution in [-0.4, -0.2) is 9.91 Å². The summed E-state index contributed by atoms with van der Waals surface area (Å²) in [7, 11) is 0. The minimum absolute atomic E-state index is 0.124. The van der Waals surface area contributed by atoms with E-state index in [0.29, 0.717) is 4.47 Å². The molecule has 0 radical (unpaired) electrons. The number of nitrogens with two attached hydrogens (primary N) is 1. The molecule has 104 valence electrons. The number of halogens is 1. The molecule has 0 saturated heterocycles. The lowest BCUT2D eigenvalue weighted by Crippen LogP contribution is -2.05. The van der Waals surface area contributed by atoms with Crippen LogP contribution in [-0.2, 0) is 0 Å². The molecule has 0 spiro atoms. The van der Waals surface area contributed by atoms with E-state index in [1.54, 1.807) is 30.5 Å². The number of ether oxygens (including phenoxy) is 1. The lowest BCUT2D eigenvalue weighted by atomic mass is 10.2. The fourth-order valence-corrected chi connectivity index (χ4v) is 2.00. The van der Waals surface area contributed by atoms with Gasteiger partial charge < -0.3 is 10.5 Å². The Labute approximate surface area is 123 Å². The van der Waals surface area contributed by atoms with Crippen LogP contribution >= 0.6 is 15.9 Å². The topological polar surface area (TPSA) is 91.3 Å². The van der Waals surface area contributed by atoms with Gasteiger partial charge in [0.15, 0.2) is 0 Å². The van der Waals surface area contributed by atoms with Gasteiger partial charge >= 0.3 is 5.69 Å². The first-order valence-electron chi connectivity index (χ1n) is 5.81. The fourth-order valence-electron chi connectivity index (χ4n) is 1.57. The summed E-state index contributed by atoms with van der Waals surface area (Å²) in [5.41, 5.74) is 6.46. The van der Waals surface area contributed by atoms with Crippen molar-refractivity contribution < 1.29 is 9.66 Å². The number of aromatic nitrogens is 1. The summed E-state index contributed by atoms with van der Waals surface area (Å²) in [6, 6.07) is 7.88. The Morgan fingerprint density at radius 3 is 2.70 bits per heavy atom. The average molecular weight is 338 g/mol. The highest BCUT2D eigenvalue weighted by molar-refractivity contribution is 9.10. The second kappa shape index (κ2) is 5.98. The molecule has 0 bridgehead atoms. The molecule has 7 heteroatoms. The van der Waals surface area contributed by atoms with Crippen LogP contribution in [0.15, 0.2) is 41.0 Å². The maximum absolute atomic E-state index is 11.0. The Morgan fingerprint density at radius 1 is 1.40 bits per heavy atom. The van der Waals surface area contributed by atoms with Gasteiger partial charge in [-0.05, 0) is 34.5 Å². The fraction of sp³-hybridized carbons (Fsp3) is 0.154. The molecule has 0 aliphatic rings. The predicted molar refractivity (Wildman–Crippen MR) is 77.7 cm³/mol. The van der Waals surface area contributed by atoms with Gasteiger partial charge in [0.2, 0.25) is 11.6 Å². The van der Waals surface area contributed by atoms with E-state index in [1.165, 1.54) is 6.07 Å².